The second kappa shape index (κ2) is 42.0. The van der Waals surface area contributed by atoms with Gasteiger partial charge in [-0.25, -0.2) is 0 Å². The van der Waals surface area contributed by atoms with Gasteiger partial charge in [0.2, 0.25) is 0 Å². The molecule has 5 fully saturated rings. The Morgan fingerprint density at radius 2 is 0.530 bits per heavy atom. The Morgan fingerprint density at radius 3 is 0.913 bits per heavy atom. The molecular formula is C94H100O21. The number of benzene rings is 10. The molecule has 21 heteroatoms. The fourth-order valence-corrected chi connectivity index (χ4v) is 15.0. The lowest BCUT2D eigenvalue weighted by atomic mass is 9.94. The van der Waals surface area contributed by atoms with Gasteiger partial charge in [-0.1, -0.05) is 303 Å². The van der Waals surface area contributed by atoms with Gasteiger partial charge >= 0.3 is 0 Å². The Bertz CT molecular complexity index is 4370. The topological polar surface area (TPSA) is 227 Å². The van der Waals surface area contributed by atoms with Crippen molar-refractivity contribution in [3.8, 4) is 0 Å². The van der Waals surface area contributed by atoms with E-state index in [9.17, 15) is 15.3 Å². The summed E-state index contributed by atoms with van der Waals surface area (Å²) >= 11 is 0. The van der Waals surface area contributed by atoms with Crippen LogP contribution >= 0.6 is 0 Å². The first-order chi connectivity index (χ1) is 56.8. The minimum Gasteiger partial charge on any atom is -0.385 e. The fourth-order valence-electron chi connectivity index (χ4n) is 15.0. The molecule has 0 amide bonds. The first kappa shape index (κ1) is 81.5. The highest BCUT2D eigenvalue weighted by atomic mass is 16.8. The number of aliphatic hydroxyl groups excluding tert-OH is 3. The molecule has 0 bridgehead atoms. The molecule has 5 aliphatic rings. The summed E-state index contributed by atoms with van der Waals surface area (Å²) in [6.07, 6.45) is -27.0. The molecule has 15 rings (SSSR count). The predicted octanol–water partition coefficient (Wildman–Crippen LogP) is 13.0. The van der Waals surface area contributed by atoms with E-state index in [1.165, 1.54) is 0 Å². The zero-order chi connectivity index (χ0) is 78.2. The smallest absolute Gasteiger partial charge is 0.187 e. The third-order valence-electron chi connectivity index (χ3n) is 21.0. The summed E-state index contributed by atoms with van der Waals surface area (Å²) < 4.78 is 126. The van der Waals surface area contributed by atoms with Crippen molar-refractivity contribution in [2.45, 2.75) is 189 Å². The zero-order valence-electron chi connectivity index (χ0n) is 63.9. The summed E-state index contributed by atoms with van der Waals surface area (Å²) in [5.74, 6) is 0. The van der Waals surface area contributed by atoms with Crippen molar-refractivity contribution < 1.29 is 101 Å². The molecule has 21 nitrogen and oxygen atoms in total. The minimum atomic E-state index is -1.82. The second-order valence-electron chi connectivity index (χ2n) is 29.2. The van der Waals surface area contributed by atoms with Crippen LogP contribution in [0.5, 0.6) is 0 Å². The van der Waals surface area contributed by atoms with E-state index in [4.69, 9.17) is 85.3 Å². The second-order valence-corrected chi connectivity index (χ2v) is 29.2. The lowest BCUT2D eigenvalue weighted by molar-refractivity contribution is -0.420. The van der Waals surface area contributed by atoms with Crippen LogP contribution in [0.4, 0.5) is 0 Å². The van der Waals surface area contributed by atoms with Crippen LogP contribution in [0, 0.1) is 0 Å². The van der Waals surface area contributed by atoms with Gasteiger partial charge in [0.25, 0.3) is 0 Å². The van der Waals surface area contributed by atoms with Gasteiger partial charge in [-0.15, -0.1) is 0 Å². The van der Waals surface area contributed by atoms with E-state index in [1.807, 2.05) is 303 Å². The zero-order valence-corrected chi connectivity index (χ0v) is 63.9. The van der Waals surface area contributed by atoms with E-state index in [0.717, 1.165) is 50.1 Å². The van der Waals surface area contributed by atoms with Crippen LogP contribution in [0.15, 0.2) is 303 Å². The molecule has 602 valence electrons. The predicted molar refractivity (Wildman–Crippen MR) is 422 cm³/mol. The highest BCUT2D eigenvalue weighted by Gasteiger charge is 2.59. The molecule has 10 aromatic carbocycles. The average Bonchev–Trinajstić information content (AvgIpc) is 0.754. The van der Waals surface area contributed by atoms with Crippen molar-refractivity contribution in [3.05, 3.63) is 359 Å². The molecule has 3 N–H and O–H groups in total. The number of fused-ring (bicyclic) bond motifs is 1. The molecule has 10 aromatic rings. The van der Waals surface area contributed by atoms with Crippen LogP contribution in [-0.2, 0) is 145 Å². The third-order valence-corrected chi connectivity index (χ3v) is 21.0. The first-order valence-electron chi connectivity index (χ1n) is 39.5. The lowest BCUT2D eigenvalue weighted by Crippen LogP contribution is -2.69. The van der Waals surface area contributed by atoms with Crippen molar-refractivity contribution in [1.82, 2.24) is 0 Å². The normalized spacial score (nSPS) is 28.8. The van der Waals surface area contributed by atoms with E-state index in [1.54, 1.807) is 0 Å². The number of hydrogen-bond donors (Lipinski definition) is 3. The number of hydrogen-bond acceptors (Lipinski definition) is 21. The van der Waals surface area contributed by atoms with Crippen LogP contribution < -0.4 is 0 Å². The summed E-state index contributed by atoms with van der Waals surface area (Å²) in [6, 6.07) is 96.8. The summed E-state index contributed by atoms with van der Waals surface area (Å²) in [4.78, 5) is 0. The molecule has 5 saturated heterocycles. The van der Waals surface area contributed by atoms with Gasteiger partial charge in [-0.3, -0.25) is 0 Å². The minimum absolute atomic E-state index is 0.00266. The summed E-state index contributed by atoms with van der Waals surface area (Å²) in [5.41, 5.74) is 8.50. The van der Waals surface area contributed by atoms with Gasteiger partial charge in [-0.2, -0.15) is 0 Å². The standard InChI is InChI=1S/C94H100O21/c95-78-84(104-57-70-43-23-7-24-44-70)80(101-54-67-37-17-4-18-38-67)75(61-99-52-65-33-13-2-14-34-65)109-92(78)113-85-79(96)93(110-77-63-107-91(112-83(77)85)73-49-29-10-30-50-73)115-89-87(106-59-72-47-27-9-28-48-72)82(103-56-69-41-21-6-22-42-69)76(62-100-53-66-35-15-3-16-36-66)111-94(89)114-88-86(105-58-71-45-25-8-26-46-71)81(102-55-68-39-19-5-20-40-68)74(108-90(88)97)60-98-51-64-31-11-1-12-32-64/h1-50,74-97H,51-63H2/t74-,75-,76-,77-,78+,79+,80-,81-,82-,83-,84-,85-,86+,87+,88+,89+,90+,91?,92-,93-,94-/m1/s1. The highest BCUT2D eigenvalue weighted by Crippen LogP contribution is 2.42. The lowest BCUT2D eigenvalue weighted by Gasteiger charge is -2.52. The Labute approximate surface area is 671 Å². The van der Waals surface area contributed by atoms with Gasteiger partial charge in [0, 0.05) is 5.56 Å². The van der Waals surface area contributed by atoms with E-state index >= 15 is 0 Å². The fraction of sp³-hybridized carbons (Fsp3) is 0.362. The van der Waals surface area contributed by atoms with E-state index in [2.05, 4.69) is 0 Å². The maximum atomic E-state index is 13.8. The molecule has 0 saturated carbocycles. The SMILES string of the molecule is O[C@@H]1[C@@H](O[C@@H]2[C@H](O)[C@@H](O[C@@H]3[C@@H](O[C@H]4[C@@H](OCc5ccccc5)[C@H](OCc5ccccc5)[C@@H](COCc5ccccc5)O[C@@H]4O)O[C@H](COCc4ccccc4)[C@@H](OCc4ccccc4)[C@@H]3OCc3ccccc3)O[C@@H]3COC(c4ccccc4)O[C@@H]23)O[C@H](COCc2ccccc2)[C@@H](OCc2ccccc2)[C@@H]1OCc1ccccc1. The number of ether oxygens (including phenoxy) is 18. The van der Waals surface area contributed by atoms with E-state index < -0.39 is 129 Å². The van der Waals surface area contributed by atoms with Crippen molar-refractivity contribution in [3.63, 3.8) is 0 Å². The van der Waals surface area contributed by atoms with Gasteiger partial charge < -0.3 is 101 Å². The van der Waals surface area contributed by atoms with Crippen LogP contribution in [0.3, 0.4) is 0 Å². The molecule has 21 atom stereocenters. The monoisotopic (exact) mass is 1560 g/mol. The van der Waals surface area contributed by atoms with E-state index in [0.29, 0.717) is 5.56 Å². The van der Waals surface area contributed by atoms with Crippen molar-refractivity contribution in [2.75, 3.05) is 26.4 Å². The maximum absolute atomic E-state index is 13.8. The average molecular weight is 1570 g/mol. The molecule has 115 heavy (non-hydrogen) atoms. The molecule has 0 aliphatic carbocycles. The quantitative estimate of drug-likeness (QED) is 0.0329. The summed E-state index contributed by atoms with van der Waals surface area (Å²) in [6.45, 7) is 0.831. The van der Waals surface area contributed by atoms with Gasteiger partial charge in [0.1, 0.15) is 97.7 Å². The van der Waals surface area contributed by atoms with Crippen molar-refractivity contribution in [2.24, 2.45) is 0 Å². The highest BCUT2D eigenvalue weighted by molar-refractivity contribution is 5.22. The molecule has 5 aliphatic heterocycles. The first-order valence-corrected chi connectivity index (χ1v) is 39.5. The van der Waals surface area contributed by atoms with Crippen LogP contribution in [0.1, 0.15) is 61.9 Å². The van der Waals surface area contributed by atoms with Crippen molar-refractivity contribution >= 4 is 0 Å². The molecule has 5 heterocycles. The Kier molecular flexibility index (Phi) is 29.7. The molecule has 0 radical (unpaired) electrons. The molecular weight excluding hydrogens is 1470 g/mol. The number of aliphatic hydroxyl groups is 3. The molecule has 1 unspecified atom stereocenters. The Balaban J connectivity index is 0.817. The van der Waals surface area contributed by atoms with Crippen LogP contribution in [0.2, 0.25) is 0 Å². The number of rotatable bonds is 37. The van der Waals surface area contributed by atoms with Gasteiger partial charge in [-0.05, 0) is 50.1 Å². The van der Waals surface area contributed by atoms with E-state index in [-0.39, 0.29) is 85.9 Å². The Hall–Kier alpha value is -8.64. The summed E-state index contributed by atoms with van der Waals surface area (Å²) in [7, 11) is 0. The summed E-state index contributed by atoms with van der Waals surface area (Å²) in [5, 5.41) is 40.0. The van der Waals surface area contributed by atoms with Gasteiger partial charge in [0.05, 0.1) is 85.9 Å². The maximum Gasteiger partial charge on any atom is 0.187 e. The molecule has 0 spiro atoms. The van der Waals surface area contributed by atoms with Gasteiger partial charge in [0.15, 0.2) is 31.5 Å². The van der Waals surface area contributed by atoms with Crippen LogP contribution in [0.25, 0.3) is 0 Å². The molecule has 0 aromatic heterocycles. The van der Waals surface area contributed by atoms with Crippen LogP contribution in [-0.4, -0.2) is 165 Å². The third kappa shape index (κ3) is 22.4. The Morgan fingerprint density at radius 1 is 0.252 bits per heavy atom. The largest absolute Gasteiger partial charge is 0.385 e. The van der Waals surface area contributed by atoms with Crippen molar-refractivity contribution in [1.29, 1.82) is 0 Å².